The van der Waals surface area contributed by atoms with Gasteiger partial charge in [-0.2, -0.15) is 11.8 Å². The van der Waals surface area contributed by atoms with Crippen molar-refractivity contribution in [1.82, 2.24) is 10.6 Å². The fraction of sp³-hybridized carbons (Fsp3) is 0.923. The second kappa shape index (κ2) is 7.98. The molecule has 0 aromatic carbocycles. The summed E-state index contributed by atoms with van der Waals surface area (Å²) in [4.78, 5) is 11.8. The Balaban J connectivity index is 2.12. The molecule has 2 N–H and O–H groups in total. The highest BCUT2D eigenvalue weighted by molar-refractivity contribution is 7.99. The molecule has 0 spiro atoms. The average molecular weight is 258 g/mol. The topological polar surface area (TPSA) is 41.1 Å². The molecule has 0 aliphatic heterocycles. The predicted octanol–water partition coefficient (Wildman–Crippen LogP) is 2.16. The van der Waals surface area contributed by atoms with Crippen LogP contribution in [0.1, 0.15) is 46.0 Å². The first-order chi connectivity index (χ1) is 8.13. The van der Waals surface area contributed by atoms with E-state index in [-0.39, 0.29) is 5.91 Å². The van der Waals surface area contributed by atoms with Crippen LogP contribution in [0, 0.1) is 0 Å². The lowest BCUT2D eigenvalue weighted by atomic mass is 10.2. The zero-order valence-corrected chi connectivity index (χ0v) is 12.1. The molecule has 0 heterocycles. The third-order valence-electron chi connectivity index (χ3n) is 3.23. The Morgan fingerprint density at radius 3 is 2.82 bits per heavy atom. The molecule has 1 aliphatic rings. The summed E-state index contributed by atoms with van der Waals surface area (Å²) in [6.07, 6.45) is 7.38. The van der Waals surface area contributed by atoms with Crippen LogP contribution in [0.3, 0.4) is 0 Å². The van der Waals surface area contributed by atoms with Gasteiger partial charge in [0.2, 0.25) is 5.91 Å². The number of hydrogen-bond donors (Lipinski definition) is 2. The second-order valence-corrected chi connectivity index (χ2v) is 6.17. The van der Waals surface area contributed by atoms with E-state index in [0.717, 1.165) is 19.4 Å². The molecule has 17 heavy (non-hydrogen) atoms. The van der Waals surface area contributed by atoms with Crippen molar-refractivity contribution >= 4 is 17.7 Å². The largest absolute Gasteiger partial charge is 0.352 e. The van der Waals surface area contributed by atoms with E-state index in [4.69, 9.17) is 0 Å². The number of hydrogen-bond acceptors (Lipinski definition) is 3. The summed E-state index contributed by atoms with van der Waals surface area (Å²) in [5.41, 5.74) is 0. The van der Waals surface area contributed by atoms with Crippen molar-refractivity contribution in [1.29, 1.82) is 0 Å². The number of rotatable bonds is 7. The van der Waals surface area contributed by atoms with Gasteiger partial charge in [-0.1, -0.05) is 20.3 Å². The molecule has 1 amide bonds. The molecule has 0 radical (unpaired) electrons. The van der Waals surface area contributed by atoms with Gasteiger partial charge in [0.25, 0.3) is 0 Å². The molecule has 0 saturated heterocycles. The molecule has 1 rings (SSSR count). The Hall–Kier alpha value is -0.220. The van der Waals surface area contributed by atoms with Gasteiger partial charge in [0, 0.05) is 23.8 Å². The van der Waals surface area contributed by atoms with Crippen LogP contribution in [0.5, 0.6) is 0 Å². The van der Waals surface area contributed by atoms with Crippen LogP contribution >= 0.6 is 11.8 Å². The summed E-state index contributed by atoms with van der Waals surface area (Å²) in [6, 6.07) is 0.921. The van der Waals surface area contributed by atoms with Crippen LogP contribution in [0.4, 0.5) is 0 Å². The second-order valence-electron chi connectivity index (χ2n) is 5.09. The van der Waals surface area contributed by atoms with Crippen LogP contribution in [0.2, 0.25) is 0 Å². The number of thioether (sulfide) groups is 1. The van der Waals surface area contributed by atoms with Crippen molar-refractivity contribution in [2.45, 2.75) is 63.3 Å². The Kier molecular flexibility index (Phi) is 6.97. The monoisotopic (exact) mass is 258 g/mol. The molecule has 2 unspecified atom stereocenters. The Bertz CT molecular complexity index is 233. The van der Waals surface area contributed by atoms with Crippen LogP contribution in [-0.2, 0) is 4.79 Å². The molecular weight excluding hydrogens is 232 g/mol. The van der Waals surface area contributed by atoms with Crippen molar-refractivity contribution in [2.75, 3.05) is 12.8 Å². The molecule has 4 heteroatoms. The summed E-state index contributed by atoms with van der Waals surface area (Å²) in [6.45, 7) is 5.19. The summed E-state index contributed by atoms with van der Waals surface area (Å²) < 4.78 is 0. The van der Waals surface area contributed by atoms with E-state index in [9.17, 15) is 4.79 Å². The molecule has 1 fully saturated rings. The average Bonchev–Trinajstić information content (AvgIpc) is 2.71. The molecule has 2 atom stereocenters. The summed E-state index contributed by atoms with van der Waals surface area (Å²) in [5.74, 6) is 0.224. The number of amides is 1. The van der Waals surface area contributed by atoms with Gasteiger partial charge in [-0.15, -0.1) is 0 Å². The van der Waals surface area contributed by atoms with E-state index >= 15 is 0 Å². The van der Waals surface area contributed by atoms with E-state index in [1.165, 1.54) is 12.8 Å². The molecule has 100 valence electrons. The van der Waals surface area contributed by atoms with Gasteiger partial charge in [0.1, 0.15) is 0 Å². The first-order valence-electron chi connectivity index (χ1n) is 6.69. The van der Waals surface area contributed by atoms with Gasteiger partial charge in [-0.05, 0) is 32.1 Å². The van der Waals surface area contributed by atoms with Crippen molar-refractivity contribution in [3.05, 3.63) is 0 Å². The van der Waals surface area contributed by atoms with Gasteiger partial charge in [-0.3, -0.25) is 4.79 Å². The van der Waals surface area contributed by atoms with Gasteiger partial charge >= 0.3 is 0 Å². The Labute approximate surface area is 109 Å². The zero-order chi connectivity index (χ0) is 12.7. The molecule has 0 aromatic heterocycles. The van der Waals surface area contributed by atoms with Crippen LogP contribution in [-0.4, -0.2) is 36.0 Å². The lowest BCUT2D eigenvalue weighted by molar-refractivity contribution is -0.121. The van der Waals surface area contributed by atoms with Gasteiger partial charge < -0.3 is 10.6 Å². The highest BCUT2D eigenvalue weighted by Gasteiger charge is 2.27. The fourth-order valence-corrected chi connectivity index (χ4v) is 3.23. The number of carbonyl (C=O) groups is 1. The summed E-state index contributed by atoms with van der Waals surface area (Å²) in [5, 5.41) is 7.14. The van der Waals surface area contributed by atoms with Crippen molar-refractivity contribution in [3.63, 3.8) is 0 Å². The lowest BCUT2D eigenvalue weighted by Crippen LogP contribution is -2.38. The number of nitrogens with one attached hydrogen (secondary N) is 2. The van der Waals surface area contributed by atoms with E-state index in [0.29, 0.717) is 23.8 Å². The number of carbonyl (C=O) groups excluding carboxylic acids is 1. The first kappa shape index (κ1) is 14.8. The first-order valence-corrected chi connectivity index (χ1v) is 7.97. The minimum absolute atomic E-state index is 0.224. The maximum Gasteiger partial charge on any atom is 0.220 e. The van der Waals surface area contributed by atoms with Gasteiger partial charge in [0.15, 0.2) is 0 Å². The van der Waals surface area contributed by atoms with E-state index in [1.54, 1.807) is 0 Å². The highest BCUT2D eigenvalue weighted by Crippen LogP contribution is 2.28. The van der Waals surface area contributed by atoms with Crippen molar-refractivity contribution in [3.8, 4) is 0 Å². The quantitative estimate of drug-likeness (QED) is 0.688. The molecular formula is C13H26N2OS. The zero-order valence-electron chi connectivity index (χ0n) is 11.3. The lowest BCUT2D eigenvalue weighted by Gasteiger charge is -2.19. The summed E-state index contributed by atoms with van der Waals surface area (Å²) in [7, 11) is 0. The van der Waals surface area contributed by atoms with Gasteiger partial charge in [-0.25, -0.2) is 0 Å². The standard InChI is InChI=1S/C13H26N2OS/c1-10(2)14-9-5-8-13(16)15-11-6-4-7-12(11)17-3/h10-12,14H,4-9H2,1-3H3,(H,15,16). The normalized spacial score (nSPS) is 24.2. The molecule has 0 aromatic rings. The smallest absolute Gasteiger partial charge is 0.220 e. The molecule has 3 nitrogen and oxygen atoms in total. The molecule has 0 bridgehead atoms. The fourth-order valence-electron chi connectivity index (χ4n) is 2.29. The maximum absolute atomic E-state index is 11.8. The Morgan fingerprint density at radius 1 is 1.41 bits per heavy atom. The minimum atomic E-state index is 0.224. The van der Waals surface area contributed by atoms with E-state index in [2.05, 4.69) is 30.7 Å². The summed E-state index contributed by atoms with van der Waals surface area (Å²) >= 11 is 1.89. The van der Waals surface area contributed by atoms with Gasteiger partial charge in [0.05, 0.1) is 0 Å². The van der Waals surface area contributed by atoms with Crippen molar-refractivity contribution < 1.29 is 4.79 Å². The maximum atomic E-state index is 11.8. The van der Waals surface area contributed by atoms with Crippen LogP contribution in [0.25, 0.3) is 0 Å². The minimum Gasteiger partial charge on any atom is -0.352 e. The van der Waals surface area contributed by atoms with Crippen molar-refractivity contribution in [2.24, 2.45) is 0 Å². The predicted molar refractivity (Wildman–Crippen MR) is 75.5 cm³/mol. The third kappa shape index (κ3) is 5.77. The Morgan fingerprint density at radius 2 is 2.18 bits per heavy atom. The SMILES string of the molecule is CSC1CCCC1NC(=O)CCCNC(C)C. The van der Waals surface area contributed by atoms with Crippen LogP contribution in [0.15, 0.2) is 0 Å². The van der Waals surface area contributed by atoms with E-state index < -0.39 is 0 Å². The molecule has 1 saturated carbocycles. The van der Waals surface area contributed by atoms with E-state index in [1.807, 2.05) is 11.8 Å². The highest BCUT2D eigenvalue weighted by atomic mass is 32.2. The molecule has 1 aliphatic carbocycles. The van der Waals surface area contributed by atoms with Crippen LogP contribution < -0.4 is 10.6 Å². The third-order valence-corrected chi connectivity index (χ3v) is 4.40.